The average Bonchev–Trinajstić information content (AvgIpc) is 3.45. The van der Waals surface area contributed by atoms with Crippen LogP contribution in [0.15, 0.2) is 60.7 Å². The Morgan fingerprint density at radius 2 is 1.55 bits per heavy atom. The Balaban J connectivity index is 1.66. The van der Waals surface area contributed by atoms with Gasteiger partial charge in [-0.3, -0.25) is 4.90 Å². The molecule has 31 heavy (non-hydrogen) atoms. The third-order valence-electron chi connectivity index (χ3n) is 5.63. The number of hydrogen-bond donors (Lipinski definition) is 0. The predicted octanol–water partition coefficient (Wildman–Crippen LogP) is 4.10. The van der Waals surface area contributed by atoms with Gasteiger partial charge in [-0.1, -0.05) is 60.7 Å². The number of hydrogen-bond acceptors (Lipinski definition) is 5. The van der Waals surface area contributed by atoms with E-state index < -0.39 is 36.5 Å². The molecule has 2 aliphatic heterocycles. The van der Waals surface area contributed by atoms with Gasteiger partial charge in [0.25, 0.3) is 0 Å². The molecular weight excluding hydrogens is 413 g/mol. The molecule has 2 saturated heterocycles. The third kappa shape index (κ3) is 4.17. The van der Waals surface area contributed by atoms with Gasteiger partial charge in [0, 0.05) is 10.6 Å². The van der Waals surface area contributed by atoms with E-state index in [1.807, 2.05) is 95.3 Å². The van der Waals surface area contributed by atoms with E-state index in [9.17, 15) is 9.36 Å². The number of carbonyl (C=O) groups excluding carboxylic acids is 1. The summed E-state index contributed by atoms with van der Waals surface area (Å²) in [5, 5.41) is 1.49. The molecule has 7 heteroatoms. The first-order valence-electron chi connectivity index (χ1n) is 10.6. The van der Waals surface area contributed by atoms with Crippen molar-refractivity contribution >= 4 is 23.8 Å². The summed E-state index contributed by atoms with van der Waals surface area (Å²) in [4.78, 5) is 14.6. The molecule has 0 aromatic heterocycles. The van der Waals surface area contributed by atoms with E-state index >= 15 is 0 Å². The summed E-state index contributed by atoms with van der Waals surface area (Å²) in [6.07, 6.45) is -0.857. The van der Waals surface area contributed by atoms with Gasteiger partial charge in [0.05, 0.1) is 12.6 Å². The van der Waals surface area contributed by atoms with E-state index in [0.29, 0.717) is 6.61 Å². The number of benzene rings is 2. The molecule has 6 nitrogen and oxygen atoms in total. The normalized spacial score (nSPS) is 25.3. The molecule has 0 spiro atoms. The van der Waals surface area contributed by atoms with Crippen LogP contribution in [0.3, 0.4) is 0 Å². The topological polar surface area (TPSA) is 68.4 Å². The lowest BCUT2D eigenvalue weighted by atomic mass is 10.1. The quantitative estimate of drug-likeness (QED) is 0.526. The maximum atomic E-state index is 14.5. The molecule has 1 amide bonds. The minimum atomic E-state index is -3.09. The van der Waals surface area contributed by atoms with Crippen molar-refractivity contribution in [3.8, 4) is 0 Å². The summed E-state index contributed by atoms with van der Waals surface area (Å²) in [5.41, 5.74) is -1.47. The molecule has 2 aliphatic rings. The zero-order valence-corrected chi connectivity index (χ0v) is 19.5. The van der Waals surface area contributed by atoms with Crippen molar-refractivity contribution in [2.24, 2.45) is 0 Å². The number of rotatable bonds is 4. The highest BCUT2D eigenvalue weighted by Gasteiger charge is 2.62. The largest absolute Gasteiger partial charge is 0.444 e. The van der Waals surface area contributed by atoms with E-state index in [1.165, 1.54) is 0 Å². The summed E-state index contributed by atoms with van der Waals surface area (Å²) < 4.78 is 32.2. The molecule has 0 saturated carbocycles. The van der Waals surface area contributed by atoms with Gasteiger partial charge in [-0.15, -0.1) is 0 Å². The van der Waals surface area contributed by atoms with Crippen molar-refractivity contribution in [3.63, 3.8) is 0 Å². The number of amides is 1. The van der Waals surface area contributed by atoms with E-state index in [2.05, 4.69) is 0 Å². The summed E-state index contributed by atoms with van der Waals surface area (Å²) in [7, 11) is -3.09. The van der Waals surface area contributed by atoms with Gasteiger partial charge >= 0.3 is 6.09 Å². The molecule has 3 atom stereocenters. The average molecular weight is 443 g/mol. The second kappa shape index (κ2) is 7.77. The summed E-state index contributed by atoms with van der Waals surface area (Å²) in [6.45, 7) is 9.47. The van der Waals surface area contributed by atoms with Gasteiger partial charge in [0.1, 0.15) is 23.3 Å². The van der Waals surface area contributed by atoms with Crippen LogP contribution in [0, 0.1) is 0 Å². The minimum absolute atomic E-state index is 0.303. The van der Waals surface area contributed by atoms with E-state index in [-0.39, 0.29) is 6.04 Å². The van der Waals surface area contributed by atoms with E-state index in [4.69, 9.17) is 14.2 Å². The molecule has 0 radical (unpaired) electrons. The fraction of sp³-hybridized carbons (Fsp3) is 0.458. The first kappa shape index (κ1) is 22.1. The molecule has 2 heterocycles. The number of nitrogens with zero attached hydrogens (tertiary/aromatic N) is 1. The fourth-order valence-electron chi connectivity index (χ4n) is 4.17. The van der Waals surface area contributed by atoms with Crippen LogP contribution in [0.1, 0.15) is 34.6 Å². The van der Waals surface area contributed by atoms with Crippen LogP contribution in [0.25, 0.3) is 0 Å². The number of ether oxygens (including phenoxy) is 3. The maximum absolute atomic E-state index is 14.5. The first-order chi connectivity index (χ1) is 14.5. The lowest BCUT2D eigenvalue weighted by molar-refractivity contribution is -0.0632. The summed E-state index contributed by atoms with van der Waals surface area (Å²) in [6, 6.07) is 18.5. The molecule has 0 aliphatic carbocycles. The van der Waals surface area contributed by atoms with Crippen LogP contribution in [0.2, 0.25) is 0 Å². The second-order valence-electron chi connectivity index (χ2n) is 9.50. The van der Waals surface area contributed by atoms with Gasteiger partial charge < -0.3 is 18.8 Å². The summed E-state index contributed by atoms with van der Waals surface area (Å²) >= 11 is 0. The lowest BCUT2D eigenvalue weighted by Gasteiger charge is -2.34. The zero-order chi connectivity index (χ0) is 22.4. The van der Waals surface area contributed by atoms with Crippen molar-refractivity contribution in [1.29, 1.82) is 0 Å². The third-order valence-corrected chi connectivity index (χ3v) is 8.89. The van der Waals surface area contributed by atoms with Gasteiger partial charge in [0.15, 0.2) is 7.14 Å². The summed E-state index contributed by atoms with van der Waals surface area (Å²) in [5.74, 6) is -0.523. The van der Waals surface area contributed by atoms with Crippen molar-refractivity contribution in [2.45, 2.75) is 63.9 Å². The van der Waals surface area contributed by atoms with E-state index in [0.717, 1.165) is 10.6 Å². The van der Waals surface area contributed by atoms with Crippen LogP contribution in [0.4, 0.5) is 4.79 Å². The predicted molar refractivity (Wildman–Crippen MR) is 120 cm³/mol. The monoisotopic (exact) mass is 443 g/mol. The fourth-order valence-corrected chi connectivity index (χ4v) is 7.21. The Morgan fingerprint density at radius 3 is 2.03 bits per heavy atom. The van der Waals surface area contributed by atoms with Crippen LogP contribution >= 0.6 is 7.14 Å². The highest BCUT2D eigenvalue weighted by molar-refractivity contribution is 7.79. The Kier molecular flexibility index (Phi) is 5.53. The Morgan fingerprint density at radius 1 is 1.03 bits per heavy atom. The molecule has 0 N–H and O–H groups in total. The van der Waals surface area contributed by atoms with E-state index in [1.54, 1.807) is 4.90 Å². The second-order valence-corrected chi connectivity index (χ2v) is 12.4. The van der Waals surface area contributed by atoms with Gasteiger partial charge in [-0.25, -0.2) is 4.79 Å². The van der Waals surface area contributed by atoms with Crippen LogP contribution < -0.4 is 10.6 Å². The molecule has 2 unspecified atom stereocenters. The Labute approximate surface area is 183 Å². The first-order valence-corrected chi connectivity index (χ1v) is 12.3. The highest BCUT2D eigenvalue weighted by atomic mass is 31.2. The van der Waals surface area contributed by atoms with Crippen molar-refractivity contribution in [3.05, 3.63) is 60.7 Å². The Hall–Kier alpha value is -2.14. The molecule has 2 fully saturated rings. The van der Waals surface area contributed by atoms with Crippen LogP contribution in [-0.2, 0) is 18.8 Å². The van der Waals surface area contributed by atoms with Gasteiger partial charge in [-0.05, 0) is 34.6 Å². The Bertz CT molecular complexity index is 943. The molecule has 166 valence electrons. The lowest BCUT2D eigenvalue weighted by Crippen LogP contribution is -2.51. The highest BCUT2D eigenvalue weighted by Crippen LogP contribution is 2.59. The van der Waals surface area contributed by atoms with Crippen molar-refractivity contribution in [2.75, 3.05) is 6.61 Å². The molecule has 2 aromatic carbocycles. The standard InChI is InChI=1S/C24H30NO5P/c1-23(2,3)30-22(26)25-19(16-28-24(25,4)5)20-21(29-20)31(27,17-12-8-6-9-13-17)18-14-10-7-11-15-18/h6-15,19-21H,16H2,1-5H3/t19-,20?,21?/m1/s1. The minimum Gasteiger partial charge on any atom is -0.444 e. The molecule has 0 bridgehead atoms. The molecule has 2 aromatic rings. The van der Waals surface area contributed by atoms with Gasteiger partial charge in [0.2, 0.25) is 0 Å². The SMILES string of the molecule is CC(C)(C)OC(=O)N1[C@@H](C2OC2P(=O)(c2ccccc2)c2ccccc2)COC1(C)C. The molecular formula is C24H30NO5P. The smallest absolute Gasteiger partial charge is 0.412 e. The zero-order valence-electron chi connectivity index (χ0n) is 18.6. The number of carbonyl (C=O) groups is 1. The maximum Gasteiger partial charge on any atom is 0.412 e. The van der Waals surface area contributed by atoms with Crippen LogP contribution in [-0.4, -0.2) is 46.9 Å². The van der Waals surface area contributed by atoms with Crippen molar-refractivity contribution in [1.82, 2.24) is 4.90 Å². The van der Waals surface area contributed by atoms with Gasteiger partial charge in [-0.2, -0.15) is 0 Å². The molecule has 4 rings (SSSR count). The van der Waals surface area contributed by atoms with Crippen LogP contribution in [0.5, 0.6) is 0 Å². The number of epoxide rings is 1. The van der Waals surface area contributed by atoms with Crippen molar-refractivity contribution < 1.29 is 23.6 Å².